The van der Waals surface area contributed by atoms with Gasteiger partial charge in [-0.1, -0.05) is 73.5 Å². The van der Waals surface area contributed by atoms with Crippen molar-refractivity contribution in [3.8, 4) is 0 Å². The normalized spacial score (nSPS) is 16.8. The molecule has 1 saturated carbocycles. The van der Waals surface area contributed by atoms with Crippen LogP contribution in [0.3, 0.4) is 0 Å². The van der Waals surface area contributed by atoms with Crippen LogP contribution in [-0.2, 0) is 10.3 Å². The summed E-state index contributed by atoms with van der Waals surface area (Å²) in [5, 5.41) is 3.63. The smallest absolute Gasteiger partial charge is 0.135 e. The van der Waals surface area contributed by atoms with E-state index >= 15 is 0 Å². The number of hydrogen-bond donors (Lipinski definition) is 1. The Morgan fingerprint density at radius 3 is 1.80 bits per heavy atom. The third-order valence-electron chi connectivity index (χ3n) is 5.75. The van der Waals surface area contributed by atoms with Crippen LogP contribution in [-0.4, -0.2) is 19.7 Å². The number of rotatable bonds is 8. The van der Waals surface area contributed by atoms with Gasteiger partial charge in [0, 0.05) is 7.11 Å². The summed E-state index contributed by atoms with van der Waals surface area (Å²) >= 11 is 0. The average Bonchev–Trinajstić information content (AvgIpc) is 3.47. The maximum Gasteiger partial charge on any atom is 0.135 e. The zero-order valence-corrected chi connectivity index (χ0v) is 16.3. The number of nitrogens with one attached hydrogen (secondary N) is 1. The predicted octanol–water partition coefficient (Wildman–Crippen LogP) is 5.17. The van der Waals surface area contributed by atoms with Crippen molar-refractivity contribution in [3.63, 3.8) is 0 Å². The molecular weight excluding hydrogens is 330 g/mol. The van der Waals surface area contributed by atoms with Crippen molar-refractivity contribution in [1.82, 2.24) is 5.32 Å². The Hall–Kier alpha value is -1.35. The molecule has 25 heavy (non-hydrogen) atoms. The first-order chi connectivity index (χ1) is 11.7. The zero-order valence-electron chi connectivity index (χ0n) is 15.5. The Bertz CT molecular complexity index is 602. The molecule has 1 atom stereocenters. The van der Waals surface area contributed by atoms with E-state index in [-0.39, 0.29) is 17.9 Å². The molecule has 0 heterocycles. The van der Waals surface area contributed by atoms with E-state index in [1.165, 1.54) is 30.4 Å². The van der Waals surface area contributed by atoms with E-state index in [1.54, 1.807) is 0 Å². The molecule has 0 saturated heterocycles. The minimum atomic E-state index is -0.515. The minimum Gasteiger partial charge on any atom is -0.367 e. The topological polar surface area (TPSA) is 21.3 Å². The van der Waals surface area contributed by atoms with Gasteiger partial charge in [-0.15, -0.1) is 12.4 Å². The monoisotopic (exact) mass is 359 g/mol. The molecule has 0 bridgehead atoms. The number of halogens is 1. The lowest BCUT2D eigenvalue weighted by Crippen LogP contribution is -2.59. The Labute approximate surface area is 158 Å². The first-order valence-corrected chi connectivity index (χ1v) is 9.01. The van der Waals surface area contributed by atoms with Crippen molar-refractivity contribution < 1.29 is 4.74 Å². The summed E-state index contributed by atoms with van der Waals surface area (Å²) in [6.07, 6.45) is 5.11. The molecule has 1 unspecified atom stereocenters. The Morgan fingerprint density at radius 1 is 0.960 bits per heavy atom. The van der Waals surface area contributed by atoms with Gasteiger partial charge in [0.15, 0.2) is 0 Å². The zero-order chi connectivity index (χ0) is 17.0. The largest absolute Gasteiger partial charge is 0.367 e. The molecule has 0 radical (unpaired) electrons. The Morgan fingerprint density at radius 2 is 1.44 bits per heavy atom. The van der Waals surface area contributed by atoms with Crippen LogP contribution in [0.15, 0.2) is 60.7 Å². The van der Waals surface area contributed by atoms with Crippen LogP contribution in [0, 0.1) is 5.92 Å². The van der Waals surface area contributed by atoms with Crippen LogP contribution in [0.2, 0.25) is 0 Å². The highest BCUT2D eigenvalue weighted by Gasteiger charge is 2.50. The van der Waals surface area contributed by atoms with Crippen LogP contribution < -0.4 is 5.32 Å². The molecule has 3 rings (SSSR count). The van der Waals surface area contributed by atoms with E-state index < -0.39 is 5.60 Å². The molecule has 1 fully saturated rings. The number of hydrogen-bond acceptors (Lipinski definition) is 2. The lowest BCUT2D eigenvalue weighted by Gasteiger charge is -2.49. The summed E-state index contributed by atoms with van der Waals surface area (Å²) in [5.41, 5.74) is 1.70. The van der Waals surface area contributed by atoms with Crippen molar-refractivity contribution >= 4 is 12.4 Å². The maximum absolute atomic E-state index is 6.36. The van der Waals surface area contributed by atoms with Crippen molar-refractivity contribution in [2.24, 2.45) is 5.92 Å². The fourth-order valence-corrected chi connectivity index (χ4v) is 3.99. The van der Waals surface area contributed by atoms with E-state index in [4.69, 9.17) is 4.74 Å². The summed E-state index contributed by atoms with van der Waals surface area (Å²) < 4.78 is 6.36. The number of likely N-dealkylation sites (N-methyl/N-ethyl adjacent to an activating group) is 1. The van der Waals surface area contributed by atoms with Gasteiger partial charge in [0.25, 0.3) is 0 Å². The fraction of sp³-hybridized carbons (Fsp3) is 0.455. The molecule has 0 amide bonds. The molecular formula is C22H30ClNO. The lowest BCUT2D eigenvalue weighted by molar-refractivity contribution is -0.0556. The van der Waals surface area contributed by atoms with Crippen LogP contribution >= 0.6 is 12.4 Å². The fourth-order valence-electron chi connectivity index (χ4n) is 3.99. The van der Waals surface area contributed by atoms with Gasteiger partial charge in [-0.25, -0.2) is 0 Å². The molecule has 0 aromatic heterocycles. The highest BCUT2D eigenvalue weighted by molar-refractivity contribution is 5.85. The third kappa shape index (κ3) is 3.76. The van der Waals surface area contributed by atoms with Gasteiger partial charge in [0.1, 0.15) is 5.60 Å². The van der Waals surface area contributed by atoms with Crippen molar-refractivity contribution in [3.05, 3.63) is 71.8 Å². The summed E-state index contributed by atoms with van der Waals surface area (Å²) in [6, 6.07) is 21.3. The van der Waals surface area contributed by atoms with E-state index in [9.17, 15) is 0 Å². The van der Waals surface area contributed by atoms with Crippen LogP contribution in [0.25, 0.3) is 0 Å². The van der Waals surface area contributed by atoms with Gasteiger partial charge in [-0.05, 0) is 43.9 Å². The van der Waals surface area contributed by atoms with Crippen molar-refractivity contribution in [2.45, 2.75) is 43.7 Å². The predicted molar refractivity (Wildman–Crippen MR) is 107 cm³/mol. The SMILES string of the molecule is CNC(C)(CCC1CC1)C(OC)(c1ccccc1)c1ccccc1.Cl. The molecule has 1 aliphatic rings. The molecule has 2 nitrogen and oxygen atoms in total. The second-order valence-electron chi connectivity index (χ2n) is 7.18. The van der Waals surface area contributed by atoms with Crippen LogP contribution in [0.1, 0.15) is 43.7 Å². The lowest BCUT2D eigenvalue weighted by atomic mass is 9.69. The van der Waals surface area contributed by atoms with Crippen LogP contribution in [0.4, 0.5) is 0 Å². The van der Waals surface area contributed by atoms with Crippen molar-refractivity contribution in [1.29, 1.82) is 0 Å². The number of ether oxygens (including phenoxy) is 1. The van der Waals surface area contributed by atoms with E-state index in [0.29, 0.717) is 0 Å². The first kappa shape index (κ1) is 20.0. The second-order valence-corrected chi connectivity index (χ2v) is 7.18. The minimum absolute atomic E-state index is 0. The summed E-state index contributed by atoms with van der Waals surface area (Å²) in [7, 11) is 3.90. The van der Waals surface area contributed by atoms with E-state index in [2.05, 4.69) is 80.0 Å². The van der Waals surface area contributed by atoms with Gasteiger partial charge >= 0.3 is 0 Å². The molecule has 0 aliphatic heterocycles. The highest BCUT2D eigenvalue weighted by atomic mass is 35.5. The van der Waals surface area contributed by atoms with Crippen molar-refractivity contribution in [2.75, 3.05) is 14.2 Å². The quantitative estimate of drug-likeness (QED) is 0.702. The molecule has 3 heteroatoms. The van der Waals surface area contributed by atoms with E-state index in [0.717, 1.165) is 12.3 Å². The van der Waals surface area contributed by atoms with Crippen LogP contribution in [0.5, 0.6) is 0 Å². The highest BCUT2D eigenvalue weighted by Crippen LogP contribution is 2.46. The van der Waals surface area contributed by atoms with Gasteiger partial charge in [0.05, 0.1) is 5.54 Å². The Kier molecular flexibility index (Phi) is 6.67. The third-order valence-corrected chi connectivity index (χ3v) is 5.75. The maximum atomic E-state index is 6.36. The molecule has 136 valence electrons. The van der Waals surface area contributed by atoms with Gasteiger partial charge in [0.2, 0.25) is 0 Å². The van der Waals surface area contributed by atoms with Gasteiger partial charge in [-0.2, -0.15) is 0 Å². The molecule has 2 aromatic carbocycles. The first-order valence-electron chi connectivity index (χ1n) is 9.01. The molecule has 0 spiro atoms. The number of benzene rings is 2. The summed E-state index contributed by atoms with van der Waals surface area (Å²) in [5.74, 6) is 0.902. The Balaban J connectivity index is 0.00000225. The molecule has 1 aliphatic carbocycles. The molecule has 2 aromatic rings. The second kappa shape index (κ2) is 8.35. The standard InChI is InChI=1S/C22H29NO.ClH/c1-21(23-2,17-16-18-14-15-18)22(24-3,19-10-6-4-7-11-19)20-12-8-5-9-13-20;/h4-13,18,23H,14-17H2,1-3H3;1H. The molecule has 1 N–H and O–H groups in total. The summed E-state index contributed by atoms with van der Waals surface area (Å²) in [4.78, 5) is 0. The summed E-state index contributed by atoms with van der Waals surface area (Å²) in [6.45, 7) is 2.30. The van der Waals surface area contributed by atoms with E-state index in [1.807, 2.05) is 7.11 Å². The van der Waals surface area contributed by atoms with Gasteiger partial charge in [-0.3, -0.25) is 0 Å². The van der Waals surface area contributed by atoms with Gasteiger partial charge < -0.3 is 10.1 Å². The average molecular weight is 360 g/mol. The number of methoxy groups -OCH3 is 1.